The van der Waals surface area contributed by atoms with Gasteiger partial charge in [0.15, 0.2) is 0 Å². The molecule has 2 rings (SSSR count). The molecule has 0 saturated heterocycles. The van der Waals surface area contributed by atoms with Gasteiger partial charge in [0.05, 0.1) is 0 Å². The molecular weight excluding hydrogens is 262 g/mol. The summed E-state index contributed by atoms with van der Waals surface area (Å²) >= 11 is 7.77. The van der Waals surface area contributed by atoms with Crippen molar-refractivity contribution < 1.29 is 0 Å². The summed E-state index contributed by atoms with van der Waals surface area (Å²) in [5, 5.41) is 4.52. The molecule has 100 valence electrons. The van der Waals surface area contributed by atoms with Crippen molar-refractivity contribution in [3.05, 3.63) is 29.3 Å². The molecule has 1 aliphatic rings. The van der Waals surface area contributed by atoms with E-state index in [0.29, 0.717) is 0 Å². The Labute approximate surface area is 120 Å². The Bertz CT molecular complexity index is 352. The molecule has 3 heteroatoms. The van der Waals surface area contributed by atoms with Crippen LogP contribution in [0.4, 0.5) is 0 Å². The first-order valence-corrected chi connectivity index (χ1v) is 8.24. The van der Waals surface area contributed by atoms with Gasteiger partial charge in [-0.2, -0.15) is 0 Å². The van der Waals surface area contributed by atoms with E-state index in [0.717, 1.165) is 29.3 Å². The lowest BCUT2D eigenvalue weighted by atomic mass is 9.86. The Balaban J connectivity index is 1.65. The van der Waals surface area contributed by atoms with E-state index in [-0.39, 0.29) is 0 Å². The molecule has 0 radical (unpaired) electrons. The van der Waals surface area contributed by atoms with Crippen LogP contribution in [0.15, 0.2) is 29.2 Å². The number of benzene rings is 1. The van der Waals surface area contributed by atoms with Gasteiger partial charge in [0.1, 0.15) is 0 Å². The predicted molar refractivity (Wildman–Crippen MR) is 81.6 cm³/mol. The van der Waals surface area contributed by atoms with Gasteiger partial charge in [-0.05, 0) is 43.0 Å². The molecule has 1 saturated carbocycles. The summed E-state index contributed by atoms with van der Waals surface area (Å²) in [5.74, 6) is 1.98. The van der Waals surface area contributed by atoms with E-state index >= 15 is 0 Å². The van der Waals surface area contributed by atoms with E-state index in [4.69, 9.17) is 11.6 Å². The maximum Gasteiger partial charge on any atom is 0.0406 e. The molecule has 2 unspecified atom stereocenters. The van der Waals surface area contributed by atoms with E-state index in [2.05, 4.69) is 24.4 Å². The minimum Gasteiger partial charge on any atom is -0.313 e. The van der Waals surface area contributed by atoms with Gasteiger partial charge in [0.2, 0.25) is 0 Å². The van der Waals surface area contributed by atoms with Crippen LogP contribution in [0.5, 0.6) is 0 Å². The molecular formula is C15H22ClNS. The minimum atomic E-state index is 0.740. The van der Waals surface area contributed by atoms with Crippen LogP contribution in [0.25, 0.3) is 0 Å². The third kappa shape index (κ3) is 4.49. The summed E-state index contributed by atoms with van der Waals surface area (Å²) < 4.78 is 0. The Morgan fingerprint density at radius 3 is 2.67 bits per heavy atom. The SMILES string of the molecule is CC1CCCCC1NCCSc1ccc(Cl)cc1. The normalized spacial score (nSPS) is 24.1. The summed E-state index contributed by atoms with van der Waals surface area (Å²) in [4.78, 5) is 1.30. The van der Waals surface area contributed by atoms with Crippen LogP contribution in [0.3, 0.4) is 0 Å². The number of hydrogen-bond donors (Lipinski definition) is 1. The number of nitrogens with one attached hydrogen (secondary N) is 1. The van der Waals surface area contributed by atoms with E-state index in [1.54, 1.807) is 0 Å². The van der Waals surface area contributed by atoms with Crippen LogP contribution in [0.1, 0.15) is 32.6 Å². The van der Waals surface area contributed by atoms with Gasteiger partial charge in [-0.1, -0.05) is 31.4 Å². The van der Waals surface area contributed by atoms with Gasteiger partial charge in [-0.3, -0.25) is 0 Å². The Morgan fingerprint density at radius 1 is 1.22 bits per heavy atom. The molecule has 1 nitrogen and oxygen atoms in total. The lowest BCUT2D eigenvalue weighted by molar-refractivity contribution is 0.285. The molecule has 18 heavy (non-hydrogen) atoms. The van der Waals surface area contributed by atoms with Crippen LogP contribution in [-0.4, -0.2) is 18.3 Å². The van der Waals surface area contributed by atoms with Crippen molar-refractivity contribution in [2.45, 2.75) is 43.5 Å². The zero-order chi connectivity index (χ0) is 12.8. The first-order chi connectivity index (χ1) is 8.75. The van der Waals surface area contributed by atoms with Crippen LogP contribution in [-0.2, 0) is 0 Å². The van der Waals surface area contributed by atoms with Crippen LogP contribution in [0, 0.1) is 5.92 Å². The van der Waals surface area contributed by atoms with Crippen molar-refractivity contribution in [2.75, 3.05) is 12.3 Å². The first-order valence-electron chi connectivity index (χ1n) is 6.87. The third-order valence-corrected chi connectivity index (χ3v) is 4.97. The summed E-state index contributed by atoms with van der Waals surface area (Å²) in [5.41, 5.74) is 0. The minimum absolute atomic E-state index is 0.740. The highest BCUT2D eigenvalue weighted by molar-refractivity contribution is 7.99. The zero-order valence-electron chi connectivity index (χ0n) is 11.0. The average molecular weight is 284 g/mol. The van der Waals surface area contributed by atoms with Gasteiger partial charge in [0.25, 0.3) is 0 Å². The molecule has 0 heterocycles. The van der Waals surface area contributed by atoms with E-state index < -0.39 is 0 Å². The largest absolute Gasteiger partial charge is 0.313 e. The summed E-state index contributed by atoms with van der Waals surface area (Å²) in [6, 6.07) is 8.85. The lowest BCUT2D eigenvalue weighted by Crippen LogP contribution is -2.38. The third-order valence-electron chi connectivity index (χ3n) is 3.70. The second-order valence-electron chi connectivity index (χ2n) is 5.12. The molecule has 2 atom stereocenters. The fourth-order valence-electron chi connectivity index (χ4n) is 2.56. The highest BCUT2D eigenvalue weighted by Crippen LogP contribution is 2.24. The summed E-state index contributed by atoms with van der Waals surface area (Å²) in [6.45, 7) is 3.48. The molecule has 1 N–H and O–H groups in total. The second-order valence-corrected chi connectivity index (χ2v) is 6.73. The maximum absolute atomic E-state index is 5.87. The van der Waals surface area contributed by atoms with E-state index in [9.17, 15) is 0 Å². The van der Waals surface area contributed by atoms with Crippen LogP contribution < -0.4 is 5.32 Å². The molecule has 1 fully saturated rings. The van der Waals surface area contributed by atoms with Crippen molar-refractivity contribution >= 4 is 23.4 Å². The topological polar surface area (TPSA) is 12.0 Å². The standard InChI is InChI=1S/C15H22ClNS/c1-12-4-2-3-5-15(12)17-10-11-18-14-8-6-13(16)7-9-14/h6-9,12,15,17H,2-5,10-11H2,1H3. The van der Waals surface area contributed by atoms with Crippen molar-refractivity contribution in [3.8, 4) is 0 Å². The second kappa shape index (κ2) is 7.42. The van der Waals surface area contributed by atoms with Gasteiger partial charge in [-0.25, -0.2) is 0 Å². The highest BCUT2D eigenvalue weighted by Gasteiger charge is 2.19. The maximum atomic E-state index is 5.87. The molecule has 1 aliphatic carbocycles. The zero-order valence-corrected chi connectivity index (χ0v) is 12.6. The van der Waals surface area contributed by atoms with E-state index in [1.807, 2.05) is 23.9 Å². The molecule has 1 aromatic carbocycles. The summed E-state index contributed by atoms with van der Waals surface area (Å²) in [7, 11) is 0. The molecule has 0 bridgehead atoms. The van der Waals surface area contributed by atoms with Crippen molar-refractivity contribution in [3.63, 3.8) is 0 Å². The summed E-state index contributed by atoms with van der Waals surface area (Å²) in [6.07, 6.45) is 5.56. The molecule has 0 aliphatic heterocycles. The number of halogens is 1. The highest BCUT2D eigenvalue weighted by atomic mass is 35.5. The average Bonchev–Trinajstić information content (AvgIpc) is 2.39. The fraction of sp³-hybridized carbons (Fsp3) is 0.600. The van der Waals surface area contributed by atoms with Gasteiger partial charge in [0, 0.05) is 28.3 Å². The number of rotatable bonds is 5. The predicted octanol–water partition coefficient (Wildman–Crippen LogP) is 4.60. The first kappa shape index (κ1) is 14.2. The Morgan fingerprint density at radius 2 is 1.94 bits per heavy atom. The van der Waals surface area contributed by atoms with Gasteiger partial charge in [-0.15, -0.1) is 11.8 Å². The van der Waals surface area contributed by atoms with Gasteiger partial charge >= 0.3 is 0 Å². The Hall–Kier alpha value is -0.180. The van der Waals surface area contributed by atoms with Crippen molar-refractivity contribution in [1.29, 1.82) is 0 Å². The smallest absolute Gasteiger partial charge is 0.0406 e. The van der Waals surface area contributed by atoms with Crippen LogP contribution in [0.2, 0.25) is 5.02 Å². The Kier molecular flexibility index (Phi) is 5.87. The number of hydrogen-bond acceptors (Lipinski definition) is 2. The van der Waals surface area contributed by atoms with Crippen molar-refractivity contribution in [2.24, 2.45) is 5.92 Å². The molecule has 0 spiro atoms. The molecule has 1 aromatic rings. The quantitative estimate of drug-likeness (QED) is 0.626. The van der Waals surface area contributed by atoms with Crippen molar-refractivity contribution in [1.82, 2.24) is 5.32 Å². The monoisotopic (exact) mass is 283 g/mol. The number of thioether (sulfide) groups is 1. The molecule has 0 amide bonds. The van der Waals surface area contributed by atoms with Crippen LogP contribution >= 0.6 is 23.4 Å². The molecule has 0 aromatic heterocycles. The fourth-order valence-corrected chi connectivity index (χ4v) is 3.47. The van der Waals surface area contributed by atoms with Gasteiger partial charge < -0.3 is 5.32 Å². The van der Waals surface area contributed by atoms with E-state index in [1.165, 1.54) is 30.6 Å². The lowest BCUT2D eigenvalue weighted by Gasteiger charge is -2.29.